The summed E-state index contributed by atoms with van der Waals surface area (Å²) in [6.07, 6.45) is 0. The first-order valence-corrected chi connectivity index (χ1v) is 10.1. The molecule has 0 aliphatic rings. The monoisotopic (exact) mass is 415 g/mol. The van der Waals surface area contributed by atoms with Crippen molar-refractivity contribution in [2.75, 3.05) is 0 Å². The number of aromatic amines is 1. The average Bonchev–Trinajstić information content (AvgIpc) is 3.25. The zero-order valence-electron chi connectivity index (χ0n) is 15.6. The van der Waals surface area contributed by atoms with Crippen molar-refractivity contribution in [3.63, 3.8) is 0 Å². The molecule has 0 atom stereocenters. The number of hydrogen-bond acceptors (Lipinski definition) is 5. The lowest BCUT2D eigenvalue weighted by atomic mass is 10.1. The molecule has 6 rings (SSSR count). The van der Waals surface area contributed by atoms with Crippen molar-refractivity contribution in [2.45, 2.75) is 0 Å². The molecule has 0 aliphatic heterocycles. The number of rotatable bonds is 0. The minimum Gasteiger partial charge on any atom is -0.508 e. The molecular formula is C24H17NO4S. The van der Waals surface area contributed by atoms with Crippen LogP contribution in [0.15, 0.2) is 72.8 Å². The van der Waals surface area contributed by atoms with Gasteiger partial charge in [-0.1, -0.05) is 12.1 Å². The molecule has 6 aromatic rings. The number of nitrogens with one attached hydrogen (secondary N) is 1. The highest BCUT2D eigenvalue weighted by Gasteiger charge is 2.08. The number of benzene rings is 4. The van der Waals surface area contributed by atoms with E-state index in [-0.39, 0.29) is 17.2 Å². The highest BCUT2D eigenvalue weighted by molar-refractivity contribution is 7.26. The molecule has 2 heterocycles. The van der Waals surface area contributed by atoms with E-state index >= 15 is 0 Å². The molecule has 4 aromatic carbocycles. The third-order valence-corrected chi connectivity index (χ3v) is 6.22. The summed E-state index contributed by atoms with van der Waals surface area (Å²) in [7, 11) is 0. The fraction of sp³-hybridized carbons (Fsp3) is 0. The second-order valence-corrected chi connectivity index (χ2v) is 8.07. The van der Waals surface area contributed by atoms with E-state index in [9.17, 15) is 20.4 Å². The molecule has 6 heteroatoms. The summed E-state index contributed by atoms with van der Waals surface area (Å²) in [4.78, 5) is 3.14. The molecule has 148 valence electrons. The Labute approximate surface area is 174 Å². The van der Waals surface area contributed by atoms with Crippen molar-refractivity contribution in [3.8, 4) is 23.0 Å². The van der Waals surface area contributed by atoms with Crippen molar-refractivity contribution in [3.05, 3.63) is 72.8 Å². The summed E-state index contributed by atoms with van der Waals surface area (Å²) in [5, 5.41) is 41.9. The molecule has 0 saturated heterocycles. The SMILES string of the molecule is Oc1ccc2c(c1)[nH]c1cc(O)ccc12.Oc1ccc2c(c1)sc1c(O)cccc12. The van der Waals surface area contributed by atoms with E-state index in [0.717, 1.165) is 42.0 Å². The Morgan fingerprint density at radius 1 is 0.567 bits per heavy atom. The van der Waals surface area contributed by atoms with Gasteiger partial charge in [0.1, 0.15) is 23.0 Å². The van der Waals surface area contributed by atoms with Gasteiger partial charge in [-0.2, -0.15) is 0 Å². The Balaban J connectivity index is 0.000000128. The van der Waals surface area contributed by atoms with Gasteiger partial charge in [0.05, 0.1) is 15.7 Å². The van der Waals surface area contributed by atoms with E-state index in [0.29, 0.717) is 5.75 Å². The molecule has 0 radical (unpaired) electrons. The second-order valence-electron chi connectivity index (χ2n) is 7.02. The van der Waals surface area contributed by atoms with Gasteiger partial charge < -0.3 is 25.4 Å². The van der Waals surface area contributed by atoms with Gasteiger partial charge in [0, 0.05) is 38.4 Å². The summed E-state index contributed by atoms with van der Waals surface area (Å²) >= 11 is 1.49. The fourth-order valence-electron chi connectivity index (χ4n) is 3.66. The van der Waals surface area contributed by atoms with Crippen LogP contribution >= 0.6 is 11.3 Å². The van der Waals surface area contributed by atoms with Gasteiger partial charge in [0.25, 0.3) is 0 Å². The predicted octanol–water partition coefficient (Wildman–Crippen LogP) is 6.20. The molecule has 0 amide bonds. The van der Waals surface area contributed by atoms with Crippen LogP contribution in [0.5, 0.6) is 23.0 Å². The van der Waals surface area contributed by atoms with Gasteiger partial charge in [-0.3, -0.25) is 0 Å². The maximum atomic E-state index is 9.69. The number of aromatic nitrogens is 1. The van der Waals surface area contributed by atoms with Gasteiger partial charge in [-0.25, -0.2) is 0 Å². The second kappa shape index (κ2) is 6.86. The molecule has 0 saturated carbocycles. The Morgan fingerprint density at radius 3 is 1.77 bits per heavy atom. The van der Waals surface area contributed by atoms with Crippen LogP contribution in [0.1, 0.15) is 0 Å². The first-order chi connectivity index (χ1) is 14.5. The third kappa shape index (κ3) is 3.03. The number of aromatic hydroxyl groups is 4. The molecule has 5 N–H and O–H groups in total. The fourth-order valence-corrected chi connectivity index (χ4v) is 4.81. The lowest BCUT2D eigenvalue weighted by Gasteiger charge is -1.93. The van der Waals surface area contributed by atoms with Crippen molar-refractivity contribution in [1.29, 1.82) is 0 Å². The normalized spacial score (nSPS) is 11.2. The van der Waals surface area contributed by atoms with Crippen LogP contribution < -0.4 is 0 Å². The molecule has 5 nitrogen and oxygen atoms in total. The topological polar surface area (TPSA) is 96.7 Å². The molecule has 0 fully saturated rings. The number of H-pyrrole nitrogens is 1. The van der Waals surface area contributed by atoms with Gasteiger partial charge in [-0.15, -0.1) is 11.3 Å². The minimum atomic E-state index is 0.235. The molecule has 30 heavy (non-hydrogen) atoms. The Bertz CT molecular complexity index is 1490. The molecule has 0 aliphatic carbocycles. The van der Waals surface area contributed by atoms with Gasteiger partial charge in [0.2, 0.25) is 0 Å². The van der Waals surface area contributed by atoms with Crippen LogP contribution in [0.25, 0.3) is 42.0 Å². The maximum absolute atomic E-state index is 9.69. The predicted molar refractivity (Wildman–Crippen MR) is 122 cm³/mol. The van der Waals surface area contributed by atoms with Crippen LogP contribution in [-0.4, -0.2) is 25.4 Å². The summed E-state index contributed by atoms with van der Waals surface area (Å²) in [6, 6.07) is 21.1. The number of phenolic OH excluding ortho intramolecular Hbond substituents is 4. The number of hydrogen-bond donors (Lipinski definition) is 5. The third-order valence-electron chi connectivity index (χ3n) is 5.03. The molecule has 0 bridgehead atoms. The summed E-state index contributed by atoms with van der Waals surface area (Å²) in [5.74, 6) is 1.03. The first-order valence-electron chi connectivity index (χ1n) is 9.26. The van der Waals surface area contributed by atoms with Crippen molar-refractivity contribution in [2.24, 2.45) is 0 Å². The van der Waals surface area contributed by atoms with E-state index in [4.69, 9.17) is 0 Å². The van der Waals surface area contributed by atoms with Gasteiger partial charge in [0.15, 0.2) is 0 Å². The summed E-state index contributed by atoms with van der Waals surface area (Å²) < 4.78 is 1.87. The smallest absolute Gasteiger partial charge is 0.133 e. The van der Waals surface area contributed by atoms with Crippen molar-refractivity contribution < 1.29 is 20.4 Å². The summed E-state index contributed by atoms with van der Waals surface area (Å²) in [5.41, 5.74) is 1.74. The Hall–Kier alpha value is -3.90. The minimum absolute atomic E-state index is 0.235. The lowest BCUT2D eigenvalue weighted by Crippen LogP contribution is -1.67. The quantitative estimate of drug-likeness (QED) is 0.204. The van der Waals surface area contributed by atoms with Crippen LogP contribution in [0.3, 0.4) is 0 Å². The summed E-state index contributed by atoms with van der Waals surface area (Å²) in [6.45, 7) is 0. The number of fused-ring (bicyclic) bond motifs is 6. The molecule has 0 spiro atoms. The van der Waals surface area contributed by atoms with E-state index in [1.807, 2.05) is 30.3 Å². The van der Waals surface area contributed by atoms with Crippen LogP contribution in [0.4, 0.5) is 0 Å². The van der Waals surface area contributed by atoms with E-state index in [2.05, 4.69) is 4.98 Å². The number of phenols is 4. The lowest BCUT2D eigenvalue weighted by molar-refractivity contribution is 0.475. The zero-order chi connectivity index (χ0) is 20.8. The van der Waals surface area contributed by atoms with Gasteiger partial charge >= 0.3 is 0 Å². The molecule has 0 unspecified atom stereocenters. The van der Waals surface area contributed by atoms with E-state index in [1.165, 1.54) is 11.3 Å². The van der Waals surface area contributed by atoms with E-state index in [1.54, 1.807) is 42.5 Å². The van der Waals surface area contributed by atoms with E-state index < -0.39 is 0 Å². The first kappa shape index (κ1) is 18.1. The maximum Gasteiger partial charge on any atom is 0.133 e. The highest BCUT2D eigenvalue weighted by Crippen LogP contribution is 2.39. The largest absolute Gasteiger partial charge is 0.508 e. The zero-order valence-corrected chi connectivity index (χ0v) is 16.4. The van der Waals surface area contributed by atoms with Gasteiger partial charge in [-0.05, 0) is 48.5 Å². The Morgan fingerprint density at radius 2 is 1.13 bits per heavy atom. The number of thiophene rings is 1. The highest BCUT2D eigenvalue weighted by atomic mass is 32.1. The molecule has 2 aromatic heterocycles. The van der Waals surface area contributed by atoms with Crippen LogP contribution in [-0.2, 0) is 0 Å². The van der Waals surface area contributed by atoms with Crippen molar-refractivity contribution in [1.82, 2.24) is 4.98 Å². The standard InChI is InChI=1S/C12H9NO2.C12H8O2S/c14-7-1-3-9-10-4-2-8(15)6-12(10)13-11(9)5-7;13-7-4-5-8-9-2-1-3-10(14)12(9)15-11(8)6-7/h1-6,13-15H;1-6,13-14H. The average molecular weight is 415 g/mol. The van der Waals surface area contributed by atoms with Crippen LogP contribution in [0.2, 0.25) is 0 Å². The molecular weight excluding hydrogens is 398 g/mol. The van der Waals surface area contributed by atoms with Crippen LogP contribution in [0, 0.1) is 0 Å². The Kier molecular flexibility index (Phi) is 4.15. The van der Waals surface area contributed by atoms with Crippen molar-refractivity contribution >= 4 is 53.3 Å².